The molecule has 0 aromatic rings. The van der Waals surface area contributed by atoms with Crippen molar-refractivity contribution in [1.82, 2.24) is 5.32 Å². The van der Waals surface area contributed by atoms with E-state index in [0.29, 0.717) is 0 Å². The van der Waals surface area contributed by atoms with Gasteiger partial charge in [0.2, 0.25) is 0 Å². The normalized spacial score (nSPS) is 9.43. The van der Waals surface area contributed by atoms with Crippen LogP contribution in [0, 0.1) is 0 Å². The van der Waals surface area contributed by atoms with Crippen molar-refractivity contribution in [3.63, 3.8) is 0 Å². The summed E-state index contributed by atoms with van der Waals surface area (Å²) in [5.41, 5.74) is 5.20. The lowest BCUT2D eigenvalue weighted by Gasteiger charge is -1.95. The minimum atomic E-state index is 0.747. The number of nitrogens with one attached hydrogen (secondary N) is 1. The van der Waals surface area contributed by atoms with Crippen molar-refractivity contribution in [3.05, 3.63) is 0 Å². The molecule has 0 fully saturated rings. The molecule has 0 bridgehead atoms. The van der Waals surface area contributed by atoms with Crippen LogP contribution in [-0.4, -0.2) is 24.1 Å². The van der Waals surface area contributed by atoms with Crippen LogP contribution in [0.4, 0.5) is 0 Å². The Bertz CT molecular complexity index is 28.9. The number of hydrogen-bond donors (Lipinski definition) is 2. The smallest absolute Gasteiger partial charge is 0.0121 e. The Labute approximate surface area is 58.0 Å². The molecule has 0 aliphatic carbocycles. The topological polar surface area (TPSA) is 38.0 Å². The maximum absolute atomic E-state index is 5.20. The summed E-state index contributed by atoms with van der Waals surface area (Å²) in [6, 6.07) is 0. The third-order valence-corrected chi connectivity index (χ3v) is 1.13. The standard InChI is InChI=1S/C4H11IN2/c5-1-3-7-4-2-6/h7H,1-4,6H2. The van der Waals surface area contributed by atoms with Gasteiger partial charge in [-0.2, -0.15) is 0 Å². The molecule has 3 heteroatoms. The molecule has 0 aromatic carbocycles. The summed E-state index contributed by atoms with van der Waals surface area (Å²) in [6.07, 6.45) is 0. The summed E-state index contributed by atoms with van der Waals surface area (Å²) < 4.78 is 1.16. The number of halogens is 1. The minimum absolute atomic E-state index is 0.747. The van der Waals surface area contributed by atoms with Crippen molar-refractivity contribution in [1.29, 1.82) is 0 Å². The summed E-state index contributed by atoms with van der Waals surface area (Å²) in [7, 11) is 0. The van der Waals surface area contributed by atoms with Crippen LogP contribution in [0.5, 0.6) is 0 Å². The second-order valence-corrected chi connectivity index (χ2v) is 2.31. The second kappa shape index (κ2) is 6.65. The molecular weight excluding hydrogens is 203 g/mol. The fourth-order valence-corrected chi connectivity index (χ4v) is 0.675. The third kappa shape index (κ3) is 6.65. The van der Waals surface area contributed by atoms with E-state index < -0.39 is 0 Å². The van der Waals surface area contributed by atoms with Crippen LogP contribution in [0.2, 0.25) is 0 Å². The van der Waals surface area contributed by atoms with Crippen LogP contribution in [-0.2, 0) is 0 Å². The minimum Gasteiger partial charge on any atom is -0.329 e. The van der Waals surface area contributed by atoms with Crippen LogP contribution in [0.15, 0.2) is 0 Å². The van der Waals surface area contributed by atoms with E-state index in [1.54, 1.807) is 0 Å². The lowest BCUT2D eigenvalue weighted by atomic mass is 10.6. The van der Waals surface area contributed by atoms with Gasteiger partial charge in [0.1, 0.15) is 0 Å². The highest BCUT2D eigenvalue weighted by molar-refractivity contribution is 14.1. The van der Waals surface area contributed by atoms with Gasteiger partial charge in [0.05, 0.1) is 0 Å². The van der Waals surface area contributed by atoms with Gasteiger partial charge in [0.15, 0.2) is 0 Å². The molecule has 0 atom stereocenters. The first-order chi connectivity index (χ1) is 3.41. The molecule has 44 valence electrons. The Balaban J connectivity index is 2.45. The number of rotatable bonds is 4. The van der Waals surface area contributed by atoms with E-state index in [9.17, 15) is 0 Å². The highest BCUT2D eigenvalue weighted by atomic mass is 127. The molecule has 0 amide bonds. The predicted molar refractivity (Wildman–Crippen MR) is 40.8 cm³/mol. The molecule has 0 unspecified atom stereocenters. The van der Waals surface area contributed by atoms with E-state index in [0.717, 1.165) is 24.1 Å². The zero-order valence-electron chi connectivity index (χ0n) is 4.28. The lowest BCUT2D eigenvalue weighted by Crippen LogP contribution is -2.23. The fraction of sp³-hybridized carbons (Fsp3) is 1.00. The Morgan fingerprint density at radius 1 is 1.43 bits per heavy atom. The van der Waals surface area contributed by atoms with Crippen molar-refractivity contribution in [2.45, 2.75) is 0 Å². The van der Waals surface area contributed by atoms with Gasteiger partial charge in [-0.05, 0) is 0 Å². The molecule has 0 radical (unpaired) electrons. The number of hydrogen-bond acceptors (Lipinski definition) is 2. The molecule has 0 saturated heterocycles. The van der Waals surface area contributed by atoms with Gasteiger partial charge in [-0.3, -0.25) is 0 Å². The van der Waals surface area contributed by atoms with Crippen molar-refractivity contribution in [3.8, 4) is 0 Å². The van der Waals surface area contributed by atoms with Crippen molar-refractivity contribution in [2.24, 2.45) is 5.73 Å². The Morgan fingerprint density at radius 2 is 2.14 bits per heavy atom. The van der Waals surface area contributed by atoms with Gasteiger partial charge in [0, 0.05) is 24.1 Å². The van der Waals surface area contributed by atoms with Gasteiger partial charge in [-0.15, -0.1) is 0 Å². The van der Waals surface area contributed by atoms with Crippen LogP contribution in [0.1, 0.15) is 0 Å². The molecule has 0 saturated carbocycles. The SMILES string of the molecule is NCCNCCI. The zero-order chi connectivity index (χ0) is 5.54. The van der Waals surface area contributed by atoms with E-state index in [1.807, 2.05) is 0 Å². The number of alkyl halides is 1. The Kier molecular flexibility index (Phi) is 7.27. The monoisotopic (exact) mass is 214 g/mol. The lowest BCUT2D eigenvalue weighted by molar-refractivity contribution is 0.734. The average molecular weight is 214 g/mol. The quantitative estimate of drug-likeness (QED) is 0.391. The number of nitrogens with two attached hydrogens (primary N) is 1. The van der Waals surface area contributed by atoms with E-state index in [4.69, 9.17) is 5.73 Å². The Morgan fingerprint density at radius 3 is 2.57 bits per heavy atom. The van der Waals surface area contributed by atoms with Crippen molar-refractivity contribution >= 4 is 22.6 Å². The molecule has 0 spiro atoms. The van der Waals surface area contributed by atoms with Gasteiger partial charge >= 0.3 is 0 Å². The molecular formula is C4H11IN2. The van der Waals surface area contributed by atoms with Crippen LogP contribution < -0.4 is 11.1 Å². The van der Waals surface area contributed by atoms with E-state index in [2.05, 4.69) is 27.9 Å². The highest BCUT2D eigenvalue weighted by Crippen LogP contribution is 1.73. The van der Waals surface area contributed by atoms with Crippen LogP contribution in [0.25, 0.3) is 0 Å². The summed E-state index contributed by atoms with van der Waals surface area (Å²) in [5, 5.41) is 3.15. The van der Waals surface area contributed by atoms with Gasteiger partial charge in [0.25, 0.3) is 0 Å². The first-order valence-corrected chi connectivity index (χ1v) is 3.91. The summed E-state index contributed by atoms with van der Waals surface area (Å²) >= 11 is 2.32. The molecule has 7 heavy (non-hydrogen) atoms. The van der Waals surface area contributed by atoms with Gasteiger partial charge in [-0.1, -0.05) is 22.6 Å². The van der Waals surface area contributed by atoms with Crippen LogP contribution >= 0.6 is 22.6 Å². The summed E-state index contributed by atoms with van der Waals surface area (Å²) in [5.74, 6) is 0. The third-order valence-electron chi connectivity index (χ3n) is 0.592. The molecule has 0 aromatic heterocycles. The molecule has 0 aliphatic heterocycles. The predicted octanol–water partition coefficient (Wildman–Crippen LogP) is -0.0303. The zero-order valence-corrected chi connectivity index (χ0v) is 6.44. The first-order valence-electron chi connectivity index (χ1n) is 2.38. The molecule has 0 aliphatic rings. The maximum atomic E-state index is 5.20. The summed E-state index contributed by atoms with van der Waals surface area (Å²) in [4.78, 5) is 0. The highest BCUT2D eigenvalue weighted by Gasteiger charge is 1.77. The van der Waals surface area contributed by atoms with E-state index in [1.165, 1.54) is 0 Å². The van der Waals surface area contributed by atoms with E-state index >= 15 is 0 Å². The van der Waals surface area contributed by atoms with Gasteiger partial charge < -0.3 is 11.1 Å². The van der Waals surface area contributed by atoms with E-state index in [-0.39, 0.29) is 0 Å². The van der Waals surface area contributed by atoms with Crippen LogP contribution in [0.3, 0.4) is 0 Å². The van der Waals surface area contributed by atoms with Gasteiger partial charge in [-0.25, -0.2) is 0 Å². The molecule has 3 N–H and O–H groups in total. The molecule has 0 rings (SSSR count). The molecule has 2 nitrogen and oxygen atoms in total. The maximum Gasteiger partial charge on any atom is 0.0121 e. The summed E-state index contributed by atoms with van der Waals surface area (Å²) in [6.45, 7) is 2.78. The first kappa shape index (κ1) is 7.65. The fourth-order valence-electron chi connectivity index (χ4n) is 0.294. The second-order valence-electron chi connectivity index (χ2n) is 1.23. The largest absolute Gasteiger partial charge is 0.329 e. The van der Waals surface area contributed by atoms with Crippen molar-refractivity contribution in [2.75, 3.05) is 24.1 Å². The van der Waals surface area contributed by atoms with Crippen molar-refractivity contribution < 1.29 is 0 Å². The molecule has 0 heterocycles. The average Bonchev–Trinajstić information content (AvgIpc) is 1.69. The Hall–Kier alpha value is 0.650.